The van der Waals surface area contributed by atoms with Gasteiger partial charge in [0.1, 0.15) is 12.1 Å². The summed E-state index contributed by atoms with van der Waals surface area (Å²) in [5, 5.41) is 2.88. The summed E-state index contributed by atoms with van der Waals surface area (Å²) in [6.45, 7) is 7.97. The van der Waals surface area contributed by atoms with Crippen LogP contribution < -0.4 is 10.2 Å². The van der Waals surface area contributed by atoms with Crippen molar-refractivity contribution in [1.82, 2.24) is 5.32 Å². The Kier molecular flexibility index (Phi) is 4.66. The molecule has 114 valence electrons. The average molecular weight is 288 g/mol. The van der Waals surface area contributed by atoms with Crippen molar-refractivity contribution in [2.75, 3.05) is 4.90 Å². The minimum Gasteiger partial charge on any atom is -0.342 e. The number of rotatable bonds is 4. The zero-order valence-electron chi connectivity index (χ0n) is 13.2. The van der Waals surface area contributed by atoms with Gasteiger partial charge in [-0.25, -0.2) is 0 Å². The lowest BCUT2D eigenvalue weighted by Crippen LogP contribution is -2.65. The van der Waals surface area contributed by atoms with Crippen molar-refractivity contribution < 1.29 is 9.59 Å². The van der Waals surface area contributed by atoms with Crippen LogP contribution in [-0.4, -0.2) is 23.9 Å². The van der Waals surface area contributed by atoms with Crippen molar-refractivity contribution in [3.63, 3.8) is 0 Å². The van der Waals surface area contributed by atoms with Gasteiger partial charge < -0.3 is 5.32 Å². The Morgan fingerprint density at radius 1 is 1.19 bits per heavy atom. The zero-order valence-corrected chi connectivity index (χ0v) is 13.2. The second-order valence-electron chi connectivity index (χ2n) is 6.08. The van der Waals surface area contributed by atoms with Crippen molar-refractivity contribution >= 4 is 17.5 Å². The molecule has 1 fully saturated rings. The van der Waals surface area contributed by atoms with E-state index in [1.165, 1.54) is 0 Å². The summed E-state index contributed by atoms with van der Waals surface area (Å²) in [6.07, 6.45) is 1.54. The van der Waals surface area contributed by atoms with E-state index < -0.39 is 12.1 Å². The molecule has 4 heteroatoms. The molecule has 4 nitrogen and oxygen atoms in total. The molecule has 0 aromatic heterocycles. The maximum Gasteiger partial charge on any atom is 0.250 e. The normalized spacial score (nSPS) is 22.6. The Hall–Kier alpha value is -1.84. The van der Waals surface area contributed by atoms with Crippen LogP contribution in [0.3, 0.4) is 0 Å². The number of carbonyl (C=O) groups excluding carboxylic acids is 2. The number of nitrogens with zero attached hydrogens (tertiary/aromatic N) is 1. The summed E-state index contributed by atoms with van der Waals surface area (Å²) in [5.41, 5.74) is 1.94. The number of anilines is 1. The van der Waals surface area contributed by atoms with Crippen LogP contribution in [0.4, 0.5) is 5.69 Å². The van der Waals surface area contributed by atoms with Crippen LogP contribution >= 0.6 is 0 Å². The Labute approximate surface area is 126 Å². The van der Waals surface area contributed by atoms with E-state index in [4.69, 9.17) is 0 Å². The summed E-state index contributed by atoms with van der Waals surface area (Å²) in [5.74, 6) is 0.0143. The number of benzene rings is 1. The molecule has 1 aromatic carbocycles. The van der Waals surface area contributed by atoms with Crippen molar-refractivity contribution in [1.29, 1.82) is 0 Å². The van der Waals surface area contributed by atoms with Gasteiger partial charge in [-0.2, -0.15) is 0 Å². The van der Waals surface area contributed by atoms with Crippen LogP contribution in [0.1, 0.15) is 39.2 Å². The summed E-state index contributed by atoms with van der Waals surface area (Å²) in [7, 11) is 0. The van der Waals surface area contributed by atoms with E-state index in [1.807, 2.05) is 52.0 Å². The van der Waals surface area contributed by atoms with E-state index in [2.05, 4.69) is 5.32 Å². The minimum absolute atomic E-state index is 0.000923. The minimum atomic E-state index is -0.437. The largest absolute Gasteiger partial charge is 0.342 e. The first kappa shape index (κ1) is 15.5. The van der Waals surface area contributed by atoms with E-state index in [1.54, 1.807) is 4.90 Å². The van der Waals surface area contributed by atoms with Crippen LogP contribution in [0.2, 0.25) is 0 Å². The molecule has 0 saturated carbocycles. The van der Waals surface area contributed by atoms with Crippen molar-refractivity contribution in [2.45, 2.75) is 52.6 Å². The molecule has 1 heterocycles. The third-order valence-corrected chi connectivity index (χ3v) is 3.92. The monoisotopic (exact) mass is 288 g/mol. The van der Waals surface area contributed by atoms with Crippen molar-refractivity contribution in [3.05, 3.63) is 29.8 Å². The highest BCUT2D eigenvalue weighted by Crippen LogP contribution is 2.26. The summed E-state index contributed by atoms with van der Waals surface area (Å²) < 4.78 is 0. The first-order chi connectivity index (χ1) is 9.95. The van der Waals surface area contributed by atoms with E-state index in [-0.39, 0.29) is 17.7 Å². The predicted octanol–water partition coefficient (Wildman–Crippen LogP) is 2.65. The fraction of sp³-hybridized carbons (Fsp3) is 0.529. The Morgan fingerprint density at radius 2 is 1.81 bits per heavy atom. The van der Waals surface area contributed by atoms with Crippen LogP contribution in [-0.2, 0) is 9.59 Å². The quantitative estimate of drug-likeness (QED) is 0.926. The third kappa shape index (κ3) is 3.09. The number of nitrogens with one attached hydrogen (secondary N) is 1. The molecule has 1 aromatic rings. The van der Waals surface area contributed by atoms with Gasteiger partial charge in [0.25, 0.3) is 0 Å². The molecule has 2 rings (SSSR count). The van der Waals surface area contributed by atoms with Gasteiger partial charge in [-0.15, -0.1) is 0 Å². The molecule has 2 amide bonds. The first-order valence-electron chi connectivity index (χ1n) is 7.65. The predicted molar refractivity (Wildman–Crippen MR) is 84.1 cm³/mol. The van der Waals surface area contributed by atoms with Gasteiger partial charge in [-0.3, -0.25) is 14.5 Å². The first-order valence-corrected chi connectivity index (χ1v) is 7.65. The molecule has 2 atom stereocenters. The maximum atomic E-state index is 12.8. The Balaban J connectivity index is 2.40. The maximum absolute atomic E-state index is 12.8. The topological polar surface area (TPSA) is 49.4 Å². The Bertz CT molecular complexity index is 522. The molecule has 0 radical (unpaired) electrons. The number of amides is 2. The summed E-state index contributed by atoms with van der Waals surface area (Å²) in [6, 6.07) is 6.95. The van der Waals surface area contributed by atoms with Crippen LogP contribution in [0.15, 0.2) is 24.3 Å². The SMILES string of the molecule is CCCC1NC(=O)C(C(C)C)N(c2ccc(C)cc2)C1=O. The third-order valence-electron chi connectivity index (χ3n) is 3.92. The molecular weight excluding hydrogens is 264 g/mol. The second-order valence-corrected chi connectivity index (χ2v) is 6.08. The van der Waals surface area contributed by atoms with E-state index in [9.17, 15) is 9.59 Å². The zero-order chi connectivity index (χ0) is 15.6. The van der Waals surface area contributed by atoms with Crippen molar-refractivity contribution in [3.8, 4) is 0 Å². The van der Waals surface area contributed by atoms with E-state index in [0.717, 1.165) is 17.7 Å². The van der Waals surface area contributed by atoms with Gasteiger partial charge in [0.15, 0.2) is 0 Å². The fourth-order valence-corrected chi connectivity index (χ4v) is 2.82. The highest BCUT2D eigenvalue weighted by Gasteiger charge is 2.42. The molecule has 1 N–H and O–H groups in total. The van der Waals surface area contributed by atoms with Crippen LogP contribution in [0.25, 0.3) is 0 Å². The van der Waals surface area contributed by atoms with Crippen LogP contribution in [0.5, 0.6) is 0 Å². The smallest absolute Gasteiger partial charge is 0.250 e. The number of carbonyl (C=O) groups is 2. The number of aryl methyl sites for hydroxylation is 1. The van der Waals surface area contributed by atoms with E-state index >= 15 is 0 Å². The summed E-state index contributed by atoms with van der Waals surface area (Å²) >= 11 is 0. The van der Waals surface area contributed by atoms with Gasteiger partial charge in [0.2, 0.25) is 11.8 Å². The number of piperazine rings is 1. The average Bonchev–Trinajstić information content (AvgIpc) is 2.43. The molecule has 2 unspecified atom stereocenters. The lowest BCUT2D eigenvalue weighted by Gasteiger charge is -2.40. The molecule has 1 saturated heterocycles. The molecule has 0 bridgehead atoms. The number of hydrogen-bond donors (Lipinski definition) is 1. The second kappa shape index (κ2) is 6.29. The molecular formula is C17H24N2O2. The fourth-order valence-electron chi connectivity index (χ4n) is 2.82. The molecule has 21 heavy (non-hydrogen) atoms. The molecule has 1 aliphatic heterocycles. The molecule has 1 aliphatic rings. The Morgan fingerprint density at radius 3 is 2.33 bits per heavy atom. The van der Waals surface area contributed by atoms with Gasteiger partial charge in [-0.1, -0.05) is 44.9 Å². The number of hydrogen-bond acceptors (Lipinski definition) is 2. The van der Waals surface area contributed by atoms with Gasteiger partial charge in [0, 0.05) is 5.69 Å². The molecule has 0 spiro atoms. The molecule has 0 aliphatic carbocycles. The standard InChI is InChI=1S/C17H24N2O2/c1-5-6-14-17(21)19(13-9-7-12(4)8-10-13)15(11(2)3)16(20)18-14/h7-11,14-15H,5-6H2,1-4H3,(H,18,20). The van der Waals surface area contributed by atoms with Crippen LogP contribution in [0, 0.1) is 12.8 Å². The van der Waals surface area contributed by atoms with Gasteiger partial charge >= 0.3 is 0 Å². The van der Waals surface area contributed by atoms with Crippen molar-refractivity contribution in [2.24, 2.45) is 5.92 Å². The highest BCUT2D eigenvalue weighted by atomic mass is 16.2. The summed E-state index contributed by atoms with van der Waals surface area (Å²) in [4.78, 5) is 26.9. The van der Waals surface area contributed by atoms with E-state index in [0.29, 0.717) is 6.42 Å². The van der Waals surface area contributed by atoms with Gasteiger partial charge in [0.05, 0.1) is 0 Å². The lowest BCUT2D eigenvalue weighted by molar-refractivity contribution is -0.135. The lowest BCUT2D eigenvalue weighted by atomic mass is 9.94. The van der Waals surface area contributed by atoms with Gasteiger partial charge in [-0.05, 0) is 31.4 Å². The highest BCUT2D eigenvalue weighted by molar-refractivity contribution is 6.08.